The van der Waals surface area contributed by atoms with E-state index in [2.05, 4.69) is 5.32 Å². The number of carbonyl (C=O) groups is 1. The number of anilines is 1. The van der Waals surface area contributed by atoms with E-state index in [0.717, 1.165) is 6.07 Å². The number of hydrogen-bond acceptors (Lipinski definition) is 1. The summed E-state index contributed by atoms with van der Waals surface area (Å²) < 4.78 is 25.1. The largest absolute Gasteiger partial charge is 0.324 e. The van der Waals surface area contributed by atoms with E-state index in [1.54, 1.807) is 0 Å². The Morgan fingerprint density at radius 2 is 1.86 bits per heavy atom. The Hall–Kier alpha value is -1.45. The van der Waals surface area contributed by atoms with E-state index < -0.39 is 11.6 Å². The first-order valence-corrected chi connectivity index (χ1v) is 4.32. The van der Waals surface area contributed by atoms with Gasteiger partial charge in [-0.1, -0.05) is 13.8 Å². The maximum absolute atomic E-state index is 12.8. The summed E-state index contributed by atoms with van der Waals surface area (Å²) in [5.41, 5.74) is -0.0103. The van der Waals surface area contributed by atoms with Gasteiger partial charge in [0.2, 0.25) is 5.91 Å². The van der Waals surface area contributed by atoms with Crippen LogP contribution in [0.15, 0.2) is 18.2 Å². The third kappa shape index (κ3) is 3.98. The Bertz CT molecular complexity index is 313. The molecule has 0 fully saturated rings. The lowest BCUT2D eigenvalue weighted by Crippen LogP contribution is -2.07. The average molecular weight is 201 g/mol. The van der Waals surface area contributed by atoms with Crippen molar-refractivity contribution >= 4 is 11.6 Å². The van der Waals surface area contributed by atoms with Crippen molar-refractivity contribution in [3.63, 3.8) is 0 Å². The summed E-state index contributed by atoms with van der Waals surface area (Å²) in [6, 6.07) is 2.96. The van der Waals surface area contributed by atoms with Gasteiger partial charge in [0.25, 0.3) is 0 Å². The Morgan fingerprint density at radius 1 is 1.29 bits per heavy atom. The fourth-order valence-electron chi connectivity index (χ4n) is 0.780. The highest BCUT2D eigenvalue weighted by atomic mass is 19.1. The average Bonchev–Trinajstić information content (AvgIpc) is 2.13. The molecule has 0 aliphatic rings. The highest BCUT2D eigenvalue weighted by Gasteiger charge is 2.03. The summed E-state index contributed by atoms with van der Waals surface area (Å²) in [4.78, 5) is 10.5. The van der Waals surface area contributed by atoms with Gasteiger partial charge in [0.05, 0.1) is 5.69 Å². The van der Waals surface area contributed by atoms with E-state index in [0.29, 0.717) is 6.07 Å². The number of benzene rings is 1. The van der Waals surface area contributed by atoms with E-state index in [1.165, 1.54) is 13.0 Å². The summed E-state index contributed by atoms with van der Waals surface area (Å²) in [6.07, 6.45) is 0. The fraction of sp³-hybridized carbons (Fsp3) is 0.300. The lowest BCUT2D eigenvalue weighted by Gasteiger charge is -2.02. The van der Waals surface area contributed by atoms with Crippen LogP contribution in [0.4, 0.5) is 14.5 Å². The first kappa shape index (κ1) is 12.6. The molecule has 0 bridgehead atoms. The fourth-order valence-corrected chi connectivity index (χ4v) is 0.780. The molecule has 1 aromatic rings. The molecule has 78 valence electrons. The van der Waals surface area contributed by atoms with Crippen LogP contribution in [0, 0.1) is 11.6 Å². The number of nitrogens with one attached hydrogen (secondary N) is 1. The summed E-state index contributed by atoms with van der Waals surface area (Å²) in [7, 11) is 0. The minimum Gasteiger partial charge on any atom is -0.324 e. The van der Waals surface area contributed by atoms with Gasteiger partial charge in [0.1, 0.15) is 11.6 Å². The molecule has 0 aromatic heterocycles. The number of carbonyl (C=O) groups excluding carboxylic acids is 1. The van der Waals surface area contributed by atoms with Crippen LogP contribution in [0.1, 0.15) is 20.8 Å². The van der Waals surface area contributed by atoms with Crippen LogP contribution in [0.2, 0.25) is 0 Å². The molecule has 1 rings (SSSR count). The van der Waals surface area contributed by atoms with E-state index in [9.17, 15) is 13.6 Å². The lowest BCUT2D eigenvalue weighted by molar-refractivity contribution is -0.114. The molecule has 0 radical (unpaired) electrons. The van der Waals surface area contributed by atoms with Gasteiger partial charge < -0.3 is 5.32 Å². The standard InChI is InChI=1S/C8H7F2NO.C2H6/c1-5(12)11-8-3-2-6(9)4-7(8)10;1-2/h2-4H,1H3,(H,11,12);1-2H3. The Balaban J connectivity index is 0.000000791. The Morgan fingerprint density at radius 3 is 2.29 bits per heavy atom. The Labute approximate surface area is 81.9 Å². The quantitative estimate of drug-likeness (QED) is 0.743. The van der Waals surface area contributed by atoms with E-state index >= 15 is 0 Å². The molecule has 0 saturated heterocycles. The second kappa shape index (κ2) is 6.07. The zero-order valence-corrected chi connectivity index (χ0v) is 8.40. The van der Waals surface area contributed by atoms with Crippen LogP contribution in [-0.2, 0) is 4.79 Å². The van der Waals surface area contributed by atoms with Crippen LogP contribution < -0.4 is 5.32 Å². The monoisotopic (exact) mass is 201 g/mol. The molecular weight excluding hydrogens is 188 g/mol. The van der Waals surface area contributed by atoms with Crippen LogP contribution in [0.3, 0.4) is 0 Å². The molecule has 0 unspecified atom stereocenters. The van der Waals surface area contributed by atoms with Crippen molar-refractivity contribution < 1.29 is 13.6 Å². The lowest BCUT2D eigenvalue weighted by atomic mass is 10.3. The summed E-state index contributed by atoms with van der Waals surface area (Å²) >= 11 is 0. The number of amides is 1. The predicted octanol–water partition coefficient (Wildman–Crippen LogP) is 2.95. The maximum Gasteiger partial charge on any atom is 0.221 e. The first-order valence-electron chi connectivity index (χ1n) is 4.32. The van der Waals surface area contributed by atoms with Crippen molar-refractivity contribution in [3.05, 3.63) is 29.8 Å². The molecule has 4 heteroatoms. The highest BCUT2D eigenvalue weighted by molar-refractivity contribution is 5.88. The van der Waals surface area contributed by atoms with E-state index in [4.69, 9.17) is 0 Å². The van der Waals surface area contributed by atoms with Gasteiger partial charge in [-0.25, -0.2) is 8.78 Å². The third-order valence-corrected chi connectivity index (χ3v) is 1.24. The first-order chi connectivity index (χ1) is 6.59. The van der Waals surface area contributed by atoms with Crippen molar-refractivity contribution in [3.8, 4) is 0 Å². The summed E-state index contributed by atoms with van der Waals surface area (Å²) in [5, 5.41) is 2.22. The van der Waals surface area contributed by atoms with Crippen molar-refractivity contribution in [1.82, 2.24) is 0 Å². The highest BCUT2D eigenvalue weighted by Crippen LogP contribution is 2.14. The number of halogens is 2. The normalized spacial score (nSPS) is 8.64. The van der Waals surface area contributed by atoms with Crippen LogP contribution in [0.5, 0.6) is 0 Å². The number of rotatable bonds is 1. The van der Waals surface area contributed by atoms with Crippen molar-refractivity contribution in [2.45, 2.75) is 20.8 Å². The summed E-state index contributed by atoms with van der Waals surface area (Å²) in [6.45, 7) is 5.25. The second-order valence-corrected chi connectivity index (χ2v) is 2.31. The van der Waals surface area contributed by atoms with Gasteiger partial charge >= 0.3 is 0 Å². The molecule has 14 heavy (non-hydrogen) atoms. The molecule has 0 aliphatic carbocycles. The minimum atomic E-state index is -0.773. The smallest absolute Gasteiger partial charge is 0.221 e. The maximum atomic E-state index is 12.8. The van der Waals surface area contributed by atoms with Crippen molar-refractivity contribution in [2.75, 3.05) is 5.32 Å². The molecular formula is C10H13F2NO. The van der Waals surface area contributed by atoms with Gasteiger partial charge in [-0.15, -0.1) is 0 Å². The SMILES string of the molecule is CC.CC(=O)Nc1ccc(F)cc1F. The van der Waals surface area contributed by atoms with Gasteiger partial charge in [-0.3, -0.25) is 4.79 Å². The van der Waals surface area contributed by atoms with Gasteiger partial charge in [0.15, 0.2) is 0 Å². The molecule has 1 amide bonds. The van der Waals surface area contributed by atoms with Crippen LogP contribution >= 0.6 is 0 Å². The van der Waals surface area contributed by atoms with Crippen molar-refractivity contribution in [2.24, 2.45) is 0 Å². The predicted molar refractivity (Wildman–Crippen MR) is 52.0 cm³/mol. The van der Waals surface area contributed by atoms with E-state index in [1.807, 2.05) is 13.8 Å². The zero-order valence-electron chi connectivity index (χ0n) is 8.40. The van der Waals surface area contributed by atoms with Gasteiger partial charge in [-0.2, -0.15) is 0 Å². The van der Waals surface area contributed by atoms with Crippen LogP contribution in [-0.4, -0.2) is 5.91 Å². The molecule has 0 aliphatic heterocycles. The molecule has 2 nitrogen and oxygen atoms in total. The molecule has 0 spiro atoms. The molecule has 1 aromatic carbocycles. The van der Waals surface area contributed by atoms with Gasteiger partial charge in [-0.05, 0) is 12.1 Å². The molecule has 1 N–H and O–H groups in total. The second-order valence-electron chi connectivity index (χ2n) is 2.31. The molecule has 0 atom stereocenters. The van der Waals surface area contributed by atoms with Crippen LogP contribution in [0.25, 0.3) is 0 Å². The van der Waals surface area contributed by atoms with E-state index in [-0.39, 0.29) is 11.6 Å². The zero-order chi connectivity index (χ0) is 11.1. The van der Waals surface area contributed by atoms with Gasteiger partial charge in [0, 0.05) is 13.0 Å². The molecule has 0 heterocycles. The summed E-state index contributed by atoms with van der Waals surface area (Å²) in [5.74, 6) is -1.83. The van der Waals surface area contributed by atoms with Crippen molar-refractivity contribution in [1.29, 1.82) is 0 Å². The molecule has 0 saturated carbocycles. The topological polar surface area (TPSA) is 29.1 Å². The Kier molecular flexibility index (Phi) is 5.44. The third-order valence-electron chi connectivity index (χ3n) is 1.24. The minimum absolute atomic E-state index is 0.0103. The number of hydrogen-bond donors (Lipinski definition) is 1.